The summed E-state index contributed by atoms with van der Waals surface area (Å²) in [6, 6.07) is 19.1. The van der Waals surface area contributed by atoms with Gasteiger partial charge in [0.1, 0.15) is 0 Å². The first kappa shape index (κ1) is 19.5. The van der Waals surface area contributed by atoms with Gasteiger partial charge in [-0.05, 0) is 54.6 Å². The van der Waals surface area contributed by atoms with Gasteiger partial charge in [-0.25, -0.2) is 4.98 Å². The Morgan fingerprint density at radius 3 is 2.38 bits per heavy atom. The maximum Gasteiger partial charge on any atom is 0.256 e. The number of carbonyl (C=O) groups excluding carboxylic acids is 1. The summed E-state index contributed by atoms with van der Waals surface area (Å²) in [6.07, 6.45) is 1.61. The highest BCUT2D eigenvalue weighted by molar-refractivity contribution is 6.36. The summed E-state index contributed by atoms with van der Waals surface area (Å²) in [7, 11) is 0. The molecule has 0 aliphatic rings. The van der Waals surface area contributed by atoms with Crippen LogP contribution in [0.15, 0.2) is 77.3 Å². The summed E-state index contributed by atoms with van der Waals surface area (Å²) in [6.45, 7) is 0. The number of hydrogen-bond donors (Lipinski definition) is 1. The van der Waals surface area contributed by atoms with Crippen molar-refractivity contribution in [3.63, 3.8) is 0 Å². The number of hydrogen-bond acceptors (Lipinski definition) is 3. The summed E-state index contributed by atoms with van der Waals surface area (Å²) in [5, 5.41) is 4.27. The molecule has 3 aromatic carbocycles. The highest BCUT2D eigenvalue weighted by Gasteiger charge is 2.18. The van der Waals surface area contributed by atoms with Gasteiger partial charge in [-0.3, -0.25) is 4.79 Å². The molecule has 7 heteroatoms. The summed E-state index contributed by atoms with van der Waals surface area (Å²) in [5.41, 5.74) is 2.27. The fraction of sp³-hybridized carbons (Fsp3) is 0. The zero-order valence-corrected chi connectivity index (χ0v) is 17.1. The van der Waals surface area contributed by atoms with Gasteiger partial charge in [0.15, 0.2) is 5.76 Å². The van der Waals surface area contributed by atoms with Crippen LogP contribution in [0.25, 0.3) is 22.8 Å². The number of amides is 1. The third kappa shape index (κ3) is 4.30. The Kier molecular flexibility index (Phi) is 5.58. The summed E-state index contributed by atoms with van der Waals surface area (Å²) >= 11 is 18.0. The van der Waals surface area contributed by atoms with E-state index in [-0.39, 0.29) is 5.91 Å². The fourth-order valence-corrected chi connectivity index (χ4v) is 3.38. The van der Waals surface area contributed by atoms with Crippen molar-refractivity contribution in [1.82, 2.24) is 4.98 Å². The lowest BCUT2D eigenvalue weighted by molar-refractivity contribution is 0.102. The van der Waals surface area contributed by atoms with Gasteiger partial charge in [0, 0.05) is 21.2 Å². The third-order valence-electron chi connectivity index (χ3n) is 4.22. The van der Waals surface area contributed by atoms with Crippen LogP contribution in [0, 0.1) is 0 Å². The molecular formula is C22H13Cl3N2O2. The lowest BCUT2D eigenvalue weighted by Gasteiger charge is -2.10. The molecule has 0 fully saturated rings. The summed E-state index contributed by atoms with van der Waals surface area (Å²) in [4.78, 5) is 17.2. The summed E-state index contributed by atoms with van der Waals surface area (Å²) < 4.78 is 5.90. The van der Waals surface area contributed by atoms with Crippen LogP contribution in [-0.4, -0.2) is 10.9 Å². The molecular weight excluding hydrogens is 431 g/mol. The Labute approximate surface area is 182 Å². The molecule has 1 N–H and O–H groups in total. The van der Waals surface area contributed by atoms with Crippen molar-refractivity contribution in [2.24, 2.45) is 0 Å². The minimum Gasteiger partial charge on any atom is -0.436 e. The van der Waals surface area contributed by atoms with Gasteiger partial charge < -0.3 is 9.73 Å². The third-order valence-corrected chi connectivity index (χ3v) is 5.02. The normalized spacial score (nSPS) is 10.7. The molecule has 0 unspecified atom stereocenters. The number of rotatable bonds is 4. The Balaban J connectivity index is 1.65. The highest BCUT2D eigenvalue weighted by Crippen LogP contribution is 2.30. The van der Waals surface area contributed by atoms with Gasteiger partial charge in [-0.1, -0.05) is 46.9 Å². The van der Waals surface area contributed by atoms with E-state index in [0.29, 0.717) is 43.5 Å². The molecule has 4 nitrogen and oxygen atoms in total. The Hall–Kier alpha value is -2.79. The molecule has 0 saturated carbocycles. The molecule has 0 spiro atoms. The van der Waals surface area contributed by atoms with Crippen LogP contribution in [0.5, 0.6) is 0 Å². The summed E-state index contributed by atoms with van der Waals surface area (Å²) in [5.74, 6) is 0.576. The van der Waals surface area contributed by atoms with E-state index in [1.165, 1.54) is 0 Å². The fourth-order valence-electron chi connectivity index (χ4n) is 2.79. The minimum atomic E-state index is -0.337. The number of halogens is 3. The highest BCUT2D eigenvalue weighted by atomic mass is 35.5. The zero-order chi connectivity index (χ0) is 20.4. The molecule has 0 aliphatic heterocycles. The van der Waals surface area contributed by atoms with E-state index < -0.39 is 0 Å². The van der Waals surface area contributed by atoms with Crippen LogP contribution in [0.4, 0.5) is 5.69 Å². The lowest BCUT2D eigenvalue weighted by atomic mass is 10.1. The molecule has 0 atom stereocenters. The van der Waals surface area contributed by atoms with Crippen LogP contribution in [0.2, 0.25) is 15.1 Å². The standard InChI is InChI=1S/C22H13Cl3N2O2/c23-14-7-5-13(6-8-14)20-12-26-22(29-20)17-4-2-1-3-16(17)21(28)27-19-10-9-15(24)11-18(19)25/h1-12H,(H,27,28). The van der Waals surface area contributed by atoms with Crippen molar-refractivity contribution in [3.8, 4) is 22.8 Å². The smallest absolute Gasteiger partial charge is 0.256 e. The van der Waals surface area contributed by atoms with Gasteiger partial charge in [0.2, 0.25) is 5.89 Å². The molecule has 144 valence electrons. The van der Waals surface area contributed by atoms with Crippen molar-refractivity contribution in [1.29, 1.82) is 0 Å². The second kappa shape index (κ2) is 8.29. The van der Waals surface area contributed by atoms with Crippen LogP contribution in [0.3, 0.4) is 0 Å². The zero-order valence-electron chi connectivity index (χ0n) is 14.8. The Morgan fingerprint density at radius 2 is 1.62 bits per heavy atom. The molecule has 0 saturated heterocycles. The molecule has 0 bridgehead atoms. The molecule has 1 amide bonds. The maximum atomic E-state index is 12.9. The monoisotopic (exact) mass is 442 g/mol. The molecule has 29 heavy (non-hydrogen) atoms. The van der Waals surface area contributed by atoms with Gasteiger partial charge in [0.05, 0.1) is 22.5 Å². The quantitative estimate of drug-likeness (QED) is 0.362. The van der Waals surface area contributed by atoms with Crippen molar-refractivity contribution in [2.45, 2.75) is 0 Å². The number of aromatic nitrogens is 1. The topological polar surface area (TPSA) is 55.1 Å². The predicted octanol–water partition coefficient (Wildman–Crippen LogP) is 7.22. The second-order valence-electron chi connectivity index (χ2n) is 6.16. The van der Waals surface area contributed by atoms with Crippen molar-refractivity contribution < 1.29 is 9.21 Å². The Morgan fingerprint density at radius 1 is 0.897 bits per heavy atom. The van der Waals surface area contributed by atoms with E-state index in [1.54, 1.807) is 54.7 Å². The first-order valence-electron chi connectivity index (χ1n) is 8.59. The van der Waals surface area contributed by atoms with E-state index in [1.807, 2.05) is 18.2 Å². The van der Waals surface area contributed by atoms with Crippen LogP contribution < -0.4 is 5.32 Å². The van der Waals surface area contributed by atoms with Crippen LogP contribution >= 0.6 is 34.8 Å². The maximum absolute atomic E-state index is 12.9. The van der Waals surface area contributed by atoms with Gasteiger partial charge in [-0.15, -0.1) is 0 Å². The first-order chi connectivity index (χ1) is 14.0. The van der Waals surface area contributed by atoms with Gasteiger partial charge >= 0.3 is 0 Å². The minimum absolute atomic E-state index is 0.336. The number of anilines is 1. The number of carbonyl (C=O) groups is 1. The van der Waals surface area contributed by atoms with E-state index in [0.717, 1.165) is 5.56 Å². The SMILES string of the molecule is O=C(Nc1ccc(Cl)cc1Cl)c1ccccc1-c1ncc(-c2ccc(Cl)cc2)o1. The van der Waals surface area contributed by atoms with E-state index in [2.05, 4.69) is 10.3 Å². The molecule has 0 aliphatic carbocycles. The lowest BCUT2D eigenvalue weighted by Crippen LogP contribution is -2.13. The molecule has 1 aromatic heterocycles. The number of oxazole rings is 1. The average Bonchev–Trinajstić information content (AvgIpc) is 3.20. The van der Waals surface area contributed by atoms with Crippen LogP contribution in [-0.2, 0) is 0 Å². The van der Waals surface area contributed by atoms with Gasteiger partial charge in [-0.2, -0.15) is 0 Å². The van der Waals surface area contributed by atoms with Crippen LogP contribution in [0.1, 0.15) is 10.4 Å². The van der Waals surface area contributed by atoms with E-state index in [9.17, 15) is 4.79 Å². The second-order valence-corrected chi connectivity index (χ2v) is 7.44. The van der Waals surface area contributed by atoms with Gasteiger partial charge in [0.25, 0.3) is 5.91 Å². The van der Waals surface area contributed by atoms with Crippen molar-refractivity contribution >= 4 is 46.4 Å². The van der Waals surface area contributed by atoms with Crippen molar-refractivity contribution in [3.05, 3.63) is 93.6 Å². The van der Waals surface area contributed by atoms with E-state index in [4.69, 9.17) is 39.2 Å². The largest absolute Gasteiger partial charge is 0.436 e. The molecule has 4 aromatic rings. The first-order valence-corrected chi connectivity index (χ1v) is 9.72. The molecule has 1 heterocycles. The Bertz CT molecular complexity index is 1190. The molecule has 4 rings (SSSR count). The predicted molar refractivity (Wildman–Crippen MR) is 117 cm³/mol. The number of benzene rings is 3. The number of nitrogens with one attached hydrogen (secondary N) is 1. The van der Waals surface area contributed by atoms with Crippen molar-refractivity contribution in [2.75, 3.05) is 5.32 Å². The average molecular weight is 444 g/mol. The van der Waals surface area contributed by atoms with E-state index >= 15 is 0 Å². The number of nitrogens with zero attached hydrogens (tertiary/aromatic N) is 1. The molecule has 0 radical (unpaired) electrons.